The molecule has 1 heterocycles. The average Bonchev–Trinajstić information content (AvgIpc) is 2.65. The number of urea groups is 1. The van der Waals surface area contributed by atoms with E-state index in [0.717, 1.165) is 5.56 Å². The van der Waals surface area contributed by atoms with E-state index in [-0.39, 0.29) is 0 Å². The third-order valence-corrected chi connectivity index (χ3v) is 3.18. The molecule has 1 fully saturated rings. The first-order valence-electron chi connectivity index (χ1n) is 6.43. The zero-order chi connectivity index (χ0) is 16.4. The number of imide groups is 2. The van der Waals surface area contributed by atoms with E-state index in [1.165, 1.54) is 14.2 Å². The summed E-state index contributed by atoms with van der Waals surface area (Å²) in [6, 6.07) is 4.38. The first-order chi connectivity index (χ1) is 10.3. The molecule has 116 valence electrons. The molecule has 22 heavy (non-hydrogen) atoms. The van der Waals surface area contributed by atoms with Gasteiger partial charge < -0.3 is 10.1 Å². The van der Waals surface area contributed by atoms with Gasteiger partial charge in [0.2, 0.25) is 5.91 Å². The molecule has 0 spiro atoms. The minimum Gasteiger partial charge on any atom is -0.495 e. The van der Waals surface area contributed by atoms with Crippen LogP contribution < -0.4 is 10.1 Å². The quantitative estimate of drug-likeness (QED) is 0.640. The molecular formula is C14H15N3O5. The summed E-state index contributed by atoms with van der Waals surface area (Å²) in [6.07, 6.45) is 0. The summed E-state index contributed by atoms with van der Waals surface area (Å²) >= 11 is 0. The van der Waals surface area contributed by atoms with Gasteiger partial charge in [0, 0.05) is 7.05 Å². The molecule has 0 aliphatic carbocycles. The summed E-state index contributed by atoms with van der Waals surface area (Å²) in [5, 5.41) is 2.56. The highest BCUT2D eigenvalue weighted by Crippen LogP contribution is 2.25. The molecule has 5 amide bonds. The van der Waals surface area contributed by atoms with Crippen molar-refractivity contribution in [2.45, 2.75) is 6.92 Å². The van der Waals surface area contributed by atoms with Crippen LogP contribution in [0, 0.1) is 6.92 Å². The normalized spacial score (nSPS) is 14.6. The lowest BCUT2D eigenvalue weighted by molar-refractivity contribution is -0.143. The smallest absolute Gasteiger partial charge is 0.334 e. The first-order valence-corrected chi connectivity index (χ1v) is 6.43. The molecule has 1 aromatic rings. The SMILES string of the molecule is COc1ccc(C)cc1NC(=O)CN1C(=O)C(=O)N(C)C1=O. The van der Waals surface area contributed by atoms with Gasteiger partial charge in [0.05, 0.1) is 12.8 Å². The Hall–Kier alpha value is -2.90. The number of ether oxygens (including phenoxy) is 1. The number of benzene rings is 1. The molecule has 8 heteroatoms. The van der Waals surface area contributed by atoms with Crippen LogP contribution in [0.5, 0.6) is 5.75 Å². The summed E-state index contributed by atoms with van der Waals surface area (Å²) in [5.74, 6) is -2.12. The maximum atomic E-state index is 12.0. The van der Waals surface area contributed by atoms with Crippen molar-refractivity contribution in [1.82, 2.24) is 9.80 Å². The number of methoxy groups -OCH3 is 1. The first kappa shape index (κ1) is 15.5. The van der Waals surface area contributed by atoms with E-state index in [1.807, 2.05) is 13.0 Å². The van der Waals surface area contributed by atoms with E-state index >= 15 is 0 Å². The van der Waals surface area contributed by atoms with Crippen LogP contribution in [-0.4, -0.2) is 54.3 Å². The fourth-order valence-corrected chi connectivity index (χ4v) is 2.01. The van der Waals surface area contributed by atoms with E-state index in [9.17, 15) is 19.2 Å². The van der Waals surface area contributed by atoms with Gasteiger partial charge in [0.25, 0.3) is 0 Å². The van der Waals surface area contributed by atoms with Crippen LogP contribution in [0.25, 0.3) is 0 Å². The van der Waals surface area contributed by atoms with Gasteiger partial charge in [-0.15, -0.1) is 0 Å². The Morgan fingerprint density at radius 1 is 1.23 bits per heavy atom. The number of nitrogens with one attached hydrogen (secondary N) is 1. The van der Waals surface area contributed by atoms with Gasteiger partial charge in [-0.25, -0.2) is 9.69 Å². The van der Waals surface area contributed by atoms with Crippen LogP contribution in [0.1, 0.15) is 5.56 Å². The lowest BCUT2D eigenvalue weighted by Gasteiger charge is -2.14. The molecule has 0 unspecified atom stereocenters. The van der Waals surface area contributed by atoms with Crippen molar-refractivity contribution in [3.05, 3.63) is 23.8 Å². The van der Waals surface area contributed by atoms with Crippen molar-refractivity contribution in [1.29, 1.82) is 0 Å². The Labute approximate surface area is 126 Å². The van der Waals surface area contributed by atoms with Crippen molar-refractivity contribution in [3.63, 3.8) is 0 Å². The van der Waals surface area contributed by atoms with Crippen molar-refractivity contribution in [3.8, 4) is 5.75 Å². The van der Waals surface area contributed by atoms with Crippen LogP contribution in [-0.2, 0) is 14.4 Å². The molecule has 1 N–H and O–H groups in total. The average molecular weight is 305 g/mol. The summed E-state index contributed by atoms with van der Waals surface area (Å²) in [7, 11) is 2.64. The summed E-state index contributed by atoms with van der Waals surface area (Å²) in [4.78, 5) is 47.9. The van der Waals surface area contributed by atoms with E-state index in [2.05, 4.69) is 5.32 Å². The second-order valence-electron chi connectivity index (χ2n) is 4.79. The molecule has 0 saturated carbocycles. The zero-order valence-corrected chi connectivity index (χ0v) is 12.4. The highest BCUT2D eigenvalue weighted by molar-refractivity contribution is 6.44. The number of carbonyl (C=O) groups is 4. The van der Waals surface area contributed by atoms with Crippen molar-refractivity contribution >= 4 is 29.4 Å². The predicted octanol–water partition coefficient (Wildman–Crippen LogP) is 0.363. The summed E-state index contributed by atoms with van der Waals surface area (Å²) in [5.41, 5.74) is 1.32. The van der Waals surface area contributed by atoms with Crippen LogP contribution in [0.4, 0.5) is 10.5 Å². The highest BCUT2D eigenvalue weighted by atomic mass is 16.5. The third-order valence-electron chi connectivity index (χ3n) is 3.18. The molecule has 1 saturated heterocycles. The van der Waals surface area contributed by atoms with Crippen LogP contribution in [0.3, 0.4) is 0 Å². The number of rotatable bonds is 4. The Balaban J connectivity index is 2.11. The zero-order valence-electron chi connectivity index (χ0n) is 12.4. The Kier molecular flexibility index (Phi) is 4.11. The van der Waals surface area contributed by atoms with Gasteiger partial charge in [-0.1, -0.05) is 6.07 Å². The van der Waals surface area contributed by atoms with Gasteiger partial charge in [0.15, 0.2) is 0 Å². The number of likely N-dealkylation sites (N-methyl/N-ethyl adjacent to an activating group) is 1. The maximum absolute atomic E-state index is 12.0. The Bertz CT molecular complexity index is 670. The van der Waals surface area contributed by atoms with Gasteiger partial charge in [0.1, 0.15) is 12.3 Å². The van der Waals surface area contributed by atoms with Crippen LogP contribution >= 0.6 is 0 Å². The van der Waals surface area contributed by atoms with Crippen molar-refractivity contribution in [2.24, 2.45) is 0 Å². The van der Waals surface area contributed by atoms with Crippen LogP contribution in [0.2, 0.25) is 0 Å². The molecule has 2 rings (SSSR count). The minimum atomic E-state index is -1.01. The number of hydrogen-bond donors (Lipinski definition) is 1. The standard InChI is InChI=1S/C14H15N3O5/c1-8-4-5-10(22-3)9(6-8)15-11(18)7-17-13(20)12(19)16(2)14(17)21/h4-6H,7H2,1-3H3,(H,15,18). The number of nitrogens with zero attached hydrogens (tertiary/aromatic N) is 2. The molecule has 0 bridgehead atoms. The summed E-state index contributed by atoms with van der Waals surface area (Å²) in [6.45, 7) is 1.31. The molecule has 1 aliphatic rings. The Morgan fingerprint density at radius 3 is 2.45 bits per heavy atom. The number of anilines is 1. The maximum Gasteiger partial charge on any atom is 0.334 e. The topological polar surface area (TPSA) is 96.0 Å². The second kappa shape index (κ2) is 5.84. The van der Waals surface area contributed by atoms with Crippen molar-refractivity contribution in [2.75, 3.05) is 26.0 Å². The largest absolute Gasteiger partial charge is 0.495 e. The van der Waals surface area contributed by atoms with Gasteiger partial charge >= 0.3 is 17.8 Å². The van der Waals surface area contributed by atoms with Gasteiger partial charge in [-0.2, -0.15) is 0 Å². The predicted molar refractivity (Wildman–Crippen MR) is 76.2 cm³/mol. The fraction of sp³-hybridized carbons (Fsp3) is 0.286. The molecule has 8 nitrogen and oxygen atoms in total. The molecule has 1 aliphatic heterocycles. The molecule has 0 atom stereocenters. The van der Waals surface area contributed by atoms with Crippen LogP contribution in [0.15, 0.2) is 18.2 Å². The molecule has 1 aromatic carbocycles. The lowest BCUT2D eigenvalue weighted by Crippen LogP contribution is -2.38. The number of hydrogen-bond acceptors (Lipinski definition) is 5. The van der Waals surface area contributed by atoms with E-state index in [4.69, 9.17) is 4.74 Å². The summed E-state index contributed by atoms with van der Waals surface area (Å²) < 4.78 is 5.12. The number of aryl methyl sites for hydroxylation is 1. The van der Waals surface area contributed by atoms with E-state index in [0.29, 0.717) is 21.2 Å². The third kappa shape index (κ3) is 2.76. The molecule has 0 aromatic heterocycles. The van der Waals surface area contributed by atoms with E-state index < -0.39 is 30.3 Å². The second-order valence-corrected chi connectivity index (χ2v) is 4.79. The van der Waals surface area contributed by atoms with Crippen molar-refractivity contribution < 1.29 is 23.9 Å². The monoisotopic (exact) mass is 305 g/mol. The molecular weight excluding hydrogens is 290 g/mol. The fourth-order valence-electron chi connectivity index (χ4n) is 2.01. The van der Waals surface area contributed by atoms with Gasteiger partial charge in [-0.3, -0.25) is 19.3 Å². The number of carbonyl (C=O) groups excluding carboxylic acids is 4. The minimum absolute atomic E-state index is 0.422. The number of amides is 5. The highest BCUT2D eigenvalue weighted by Gasteiger charge is 2.43. The van der Waals surface area contributed by atoms with Gasteiger partial charge in [-0.05, 0) is 24.6 Å². The molecule has 0 radical (unpaired) electrons. The lowest BCUT2D eigenvalue weighted by atomic mass is 10.2. The van der Waals surface area contributed by atoms with E-state index in [1.54, 1.807) is 12.1 Å². The Morgan fingerprint density at radius 2 is 1.91 bits per heavy atom.